The van der Waals surface area contributed by atoms with E-state index in [1.54, 1.807) is 0 Å². The Hall–Kier alpha value is -1.49. The van der Waals surface area contributed by atoms with Crippen LogP contribution in [0.4, 0.5) is 0 Å². The average molecular weight is 404 g/mol. The second-order valence-corrected chi connectivity index (χ2v) is 10.1. The maximum Gasteiger partial charge on any atom is 0.233 e. The van der Waals surface area contributed by atoms with Crippen LogP contribution in [-0.2, 0) is 19.1 Å². The van der Waals surface area contributed by atoms with Crippen molar-refractivity contribution >= 4 is 17.6 Å². The van der Waals surface area contributed by atoms with E-state index >= 15 is 0 Å². The van der Waals surface area contributed by atoms with Gasteiger partial charge < -0.3 is 4.74 Å². The van der Waals surface area contributed by atoms with E-state index in [4.69, 9.17) is 4.74 Å². The molecule has 1 saturated carbocycles. The van der Waals surface area contributed by atoms with E-state index in [1.807, 2.05) is 34.6 Å². The van der Waals surface area contributed by atoms with Crippen LogP contribution in [0.2, 0.25) is 0 Å². The maximum absolute atomic E-state index is 12.8. The van der Waals surface area contributed by atoms with E-state index in [1.165, 1.54) is 4.90 Å². The smallest absolute Gasteiger partial charge is 0.233 e. The second kappa shape index (κ2) is 7.98. The van der Waals surface area contributed by atoms with Crippen LogP contribution in [0.5, 0.6) is 0 Å². The molecule has 162 valence electrons. The molecule has 0 N–H and O–H groups in total. The van der Waals surface area contributed by atoms with E-state index in [0.29, 0.717) is 19.4 Å². The minimum atomic E-state index is -0.467. The number of hydrogen-bond donors (Lipinski definition) is 0. The summed E-state index contributed by atoms with van der Waals surface area (Å²) >= 11 is 0. The van der Waals surface area contributed by atoms with Gasteiger partial charge in [0.2, 0.25) is 11.8 Å². The number of ketones is 1. The fourth-order valence-corrected chi connectivity index (χ4v) is 5.32. The van der Waals surface area contributed by atoms with Crippen molar-refractivity contribution in [2.24, 2.45) is 29.1 Å². The Balaban J connectivity index is 1.55. The first-order chi connectivity index (χ1) is 13.5. The zero-order chi connectivity index (χ0) is 21.6. The molecule has 2 aliphatic carbocycles. The molecule has 3 rings (SSSR count). The molecule has 3 aliphatic rings. The fraction of sp³-hybridized carbons (Fsp3) is 0.792. The Labute approximate surface area is 175 Å². The van der Waals surface area contributed by atoms with Crippen molar-refractivity contribution in [1.29, 1.82) is 0 Å². The molecule has 1 heterocycles. The van der Waals surface area contributed by atoms with Gasteiger partial charge in [-0.3, -0.25) is 19.3 Å². The van der Waals surface area contributed by atoms with Gasteiger partial charge in [0.1, 0.15) is 6.10 Å². The van der Waals surface area contributed by atoms with E-state index in [-0.39, 0.29) is 41.3 Å². The van der Waals surface area contributed by atoms with Crippen LogP contribution in [0.1, 0.15) is 73.6 Å². The van der Waals surface area contributed by atoms with Crippen molar-refractivity contribution in [3.05, 3.63) is 12.2 Å². The molecule has 0 radical (unpaired) electrons. The van der Waals surface area contributed by atoms with Gasteiger partial charge in [-0.1, -0.05) is 39.8 Å². The lowest BCUT2D eigenvalue weighted by atomic mass is 9.82. The highest BCUT2D eigenvalue weighted by Crippen LogP contribution is 2.52. The SMILES string of the molecule is CCC(C)(CCCN1C(=O)[C@@H]2C3C=CC(C3)[C@@H]2C1=O)OC(C)C(=O)C(C)(C)CC. The summed E-state index contributed by atoms with van der Waals surface area (Å²) in [4.78, 5) is 39.8. The van der Waals surface area contributed by atoms with E-state index in [9.17, 15) is 14.4 Å². The summed E-state index contributed by atoms with van der Waals surface area (Å²) in [5, 5.41) is 0. The van der Waals surface area contributed by atoms with Crippen LogP contribution < -0.4 is 0 Å². The van der Waals surface area contributed by atoms with Gasteiger partial charge in [0.25, 0.3) is 0 Å². The Morgan fingerprint density at radius 3 is 2.14 bits per heavy atom. The van der Waals surface area contributed by atoms with Gasteiger partial charge in [0.05, 0.1) is 17.4 Å². The lowest BCUT2D eigenvalue weighted by molar-refractivity contribution is -0.151. The highest BCUT2D eigenvalue weighted by Gasteiger charge is 2.59. The minimum Gasteiger partial charge on any atom is -0.365 e. The molecule has 0 aromatic rings. The van der Waals surface area contributed by atoms with Crippen LogP contribution in [0.25, 0.3) is 0 Å². The van der Waals surface area contributed by atoms with Crippen molar-refractivity contribution in [2.75, 3.05) is 6.54 Å². The van der Waals surface area contributed by atoms with Gasteiger partial charge in [-0.2, -0.15) is 0 Å². The number of amides is 2. The summed E-state index contributed by atoms with van der Waals surface area (Å²) < 4.78 is 6.23. The number of imide groups is 1. The number of likely N-dealkylation sites (tertiary alicyclic amines) is 1. The highest BCUT2D eigenvalue weighted by atomic mass is 16.5. The normalized spacial score (nSPS) is 31.3. The predicted octanol–water partition coefficient (Wildman–Crippen LogP) is 4.15. The van der Waals surface area contributed by atoms with E-state index in [2.05, 4.69) is 19.1 Å². The molecule has 2 amide bonds. The Morgan fingerprint density at radius 2 is 1.66 bits per heavy atom. The molecule has 5 heteroatoms. The first kappa shape index (κ1) is 22.2. The number of nitrogens with zero attached hydrogens (tertiary/aromatic N) is 1. The standard InChI is InChI=1S/C24H37NO4/c1-7-23(4,5)20(26)15(3)29-24(6,8-2)12-9-13-25-21(27)18-16-10-11-17(14-16)19(18)22(25)28/h10-11,15-19H,7-9,12-14H2,1-6H3/t15?,16?,17?,18-,19+,24?. The van der Waals surface area contributed by atoms with E-state index < -0.39 is 17.1 Å². The lowest BCUT2D eigenvalue weighted by Crippen LogP contribution is -2.41. The van der Waals surface area contributed by atoms with Crippen molar-refractivity contribution in [2.45, 2.75) is 85.4 Å². The monoisotopic (exact) mass is 403 g/mol. The van der Waals surface area contributed by atoms with Crippen LogP contribution in [0.15, 0.2) is 12.2 Å². The topological polar surface area (TPSA) is 63.7 Å². The molecule has 0 spiro atoms. The predicted molar refractivity (Wildman–Crippen MR) is 112 cm³/mol. The number of Topliss-reactive ketones (excluding diaryl/α,β-unsaturated/α-hetero) is 1. The van der Waals surface area contributed by atoms with Crippen LogP contribution >= 0.6 is 0 Å². The Kier molecular flexibility index (Phi) is 6.11. The number of rotatable bonds is 10. The van der Waals surface area contributed by atoms with Gasteiger partial charge in [-0.15, -0.1) is 0 Å². The number of carbonyl (C=O) groups excluding carboxylic acids is 3. The lowest BCUT2D eigenvalue weighted by Gasteiger charge is -2.35. The van der Waals surface area contributed by atoms with Crippen molar-refractivity contribution in [3.63, 3.8) is 0 Å². The van der Waals surface area contributed by atoms with Crippen LogP contribution in [0, 0.1) is 29.1 Å². The molecule has 1 saturated heterocycles. The average Bonchev–Trinajstić information content (AvgIpc) is 3.36. The summed E-state index contributed by atoms with van der Waals surface area (Å²) in [6.07, 6.45) is 7.71. The highest BCUT2D eigenvalue weighted by molar-refractivity contribution is 6.06. The summed E-state index contributed by atoms with van der Waals surface area (Å²) in [6.45, 7) is 12.3. The third-order valence-corrected chi connectivity index (χ3v) is 7.78. The zero-order valence-corrected chi connectivity index (χ0v) is 18.9. The van der Waals surface area contributed by atoms with Gasteiger partial charge in [-0.05, 0) is 57.8 Å². The second-order valence-electron chi connectivity index (χ2n) is 10.1. The quantitative estimate of drug-likeness (QED) is 0.406. The molecule has 0 aromatic heterocycles. The molecular formula is C24H37NO4. The number of ether oxygens (including phenoxy) is 1. The maximum atomic E-state index is 12.8. The largest absolute Gasteiger partial charge is 0.365 e. The molecule has 4 unspecified atom stereocenters. The molecule has 5 nitrogen and oxygen atoms in total. The fourth-order valence-electron chi connectivity index (χ4n) is 5.32. The zero-order valence-electron chi connectivity index (χ0n) is 18.9. The molecule has 2 fully saturated rings. The summed E-state index contributed by atoms with van der Waals surface area (Å²) in [5.74, 6) is 0.420. The van der Waals surface area contributed by atoms with Crippen molar-refractivity contribution in [1.82, 2.24) is 4.90 Å². The number of allylic oxidation sites excluding steroid dienone is 2. The Bertz CT molecular complexity index is 682. The Morgan fingerprint density at radius 1 is 1.10 bits per heavy atom. The molecule has 29 heavy (non-hydrogen) atoms. The van der Waals surface area contributed by atoms with Gasteiger partial charge in [0.15, 0.2) is 5.78 Å². The summed E-state index contributed by atoms with van der Waals surface area (Å²) in [5.41, 5.74) is -0.838. The van der Waals surface area contributed by atoms with Gasteiger partial charge >= 0.3 is 0 Å². The molecule has 6 atom stereocenters. The number of carbonyl (C=O) groups is 3. The number of hydrogen-bond acceptors (Lipinski definition) is 4. The van der Waals surface area contributed by atoms with Gasteiger partial charge in [0, 0.05) is 12.0 Å². The summed E-state index contributed by atoms with van der Waals surface area (Å²) in [6, 6.07) is 0. The van der Waals surface area contributed by atoms with Crippen LogP contribution in [0.3, 0.4) is 0 Å². The first-order valence-corrected chi connectivity index (χ1v) is 11.3. The molecule has 0 aromatic carbocycles. The molecule has 1 aliphatic heterocycles. The minimum absolute atomic E-state index is 0.0178. The van der Waals surface area contributed by atoms with Gasteiger partial charge in [-0.25, -0.2) is 0 Å². The van der Waals surface area contributed by atoms with E-state index in [0.717, 1.165) is 19.3 Å². The van der Waals surface area contributed by atoms with Crippen LogP contribution in [-0.4, -0.2) is 40.7 Å². The summed E-state index contributed by atoms with van der Waals surface area (Å²) in [7, 11) is 0. The molecular weight excluding hydrogens is 366 g/mol. The third kappa shape index (κ3) is 3.95. The number of fused-ring (bicyclic) bond motifs is 5. The third-order valence-electron chi connectivity index (χ3n) is 7.78. The molecule has 2 bridgehead atoms. The van der Waals surface area contributed by atoms with Crippen molar-refractivity contribution < 1.29 is 19.1 Å². The first-order valence-electron chi connectivity index (χ1n) is 11.3. The van der Waals surface area contributed by atoms with Crippen molar-refractivity contribution in [3.8, 4) is 0 Å².